The second kappa shape index (κ2) is 14.9. The number of imidazole rings is 2. The van der Waals surface area contributed by atoms with Crippen molar-refractivity contribution in [3.05, 3.63) is 49.1 Å². The largest absolute Gasteiger partial charge is 0.471 e. The molecule has 6 aromatic heterocycles. The molecule has 0 spiro atoms. The van der Waals surface area contributed by atoms with Crippen molar-refractivity contribution in [1.29, 1.82) is 0 Å². The lowest BCUT2D eigenvalue weighted by atomic mass is 10.1. The van der Waals surface area contributed by atoms with Crippen molar-refractivity contribution in [3.8, 4) is 58.1 Å². The van der Waals surface area contributed by atoms with Crippen LogP contribution in [0.1, 0.15) is 83.1 Å². The van der Waals surface area contributed by atoms with Crippen molar-refractivity contribution < 1.29 is 37.2 Å². The molecule has 0 bridgehead atoms. The first-order valence-electron chi connectivity index (χ1n) is 18.2. The van der Waals surface area contributed by atoms with Crippen LogP contribution in [0.4, 0.5) is 8.78 Å². The topological polar surface area (TPSA) is 167 Å². The highest BCUT2D eigenvalue weighted by molar-refractivity contribution is 5.66. The zero-order valence-corrected chi connectivity index (χ0v) is 34.2. The molecule has 0 aromatic carbocycles. The van der Waals surface area contributed by atoms with E-state index in [1.54, 1.807) is 36.7 Å². The van der Waals surface area contributed by atoms with Crippen molar-refractivity contribution in [2.45, 2.75) is 111 Å². The molecule has 0 saturated carbocycles. The van der Waals surface area contributed by atoms with E-state index in [2.05, 4.69) is 40.1 Å². The molecule has 304 valence electrons. The van der Waals surface area contributed by atoms with Gasteiger partial charge in [0.1, 0.15) is 22.4 Å². The number of hydrogen-bond acceptors (Lipinski definition) is 14. The molecule has 0 radical (unpaired) electrons. The summed E-state index contributed by atoms with van der Waals surface area (Å²) in [5.41, 5.74) is 0.438. The minimum atomic E-state index is -3.41. The maximum atomic E-state index is 15.1. The zero-order chi connectivity index (χ0) is 41.6. The molecule has 0 aliphatic heterocycles. The first-order valence-corrected chi connectivity index (χ1v) is 18.2. The lowest BCUT2D eigenvalue weighted by Crippen LogP contribution is -2.33. The van der Waals surface area contributed by atoms with Gasteiger partial charge in [-0.15, -0.1) is 0 Å². The lowest BCUT2D eigenvalue weighted by Gasteiger charge is -2.24. The number of rotatable bonds is 12. The Morgan fingerprint density at radius 3 is 1.23 bits per heavy atom. The molecule has 0 unspecified atom stereocenters. The molecule has 0 aliphatic carbocycles. The molecule has 0 amide bonds. The summed E-state index contributed by atoms with van der Waals surface area (Å²) in [5, 5.41) is 9.18. The predicted octanol–water partition coefficient (Wildman–Crippen LogP) is 7.49. The monoisotopic (exact) mass is 790 g/mol. The second-order valence-corrected chi connectivity index (χ2v) is 17.2. The van der Waals surface area contributed by atoms with Crippen LogP contribution in [0.2, 0.25) is 0 Å². The van der Waals surface area contributed by atoms with Crippen LogP contribution in [0, 0.1) is 0 Å². The Hall–Kier alpha value is -5.94. The summed E-state index contributed by atoms with van der Waals surface area (Å²) >= 11 is 0. The van der Waals surface area contributed by atoms with Crippen LogP contribution in [0.25, 0.3) is 33.8 Å². The quantitative estimate of drug-likeness (QED) is 0.120. The van der Waals surface area contributed by atoms with Gasteiger partial charge in [-0.05, 0) is 107 Å². The molecule has 0 N–H and O–H groups in total. The van der Waals surface area contributed by atoms with Gasteiger partial charge in [0.15, 0.2) is 24.5 Å². The van der Waals surface area contributed by atoms with Gasteiger partial charge in [-0.3, -0.25) is 0 Å². The Kier molecular flexibility index (Phi) is 10.6. The Morgan fingerprint density at radius 2 is 0.877 bits per heavy atom. The average Bonchev–Trinajstić information content (AvgIpc) is 3.67. The lowest BCUT2D eigenvalue weighted by molar-refractivity contribution is -0.0744. The number of fused-ring (bicyclic) bond motifs is 2. The number of nitrogens with zero attached hydrogens (tertiary/aromatic N) is 10. The molecule has 0 atom stereocenters. The second-order valence-electron chi connectivity index (χ2n) is 17.2. The Balaban J connectivity index is 1.13. The third-order valence-corrected chi connectivity index (χ3v) is 7.07. The normalized spacial score (nSPS) is 12.9. The molecule has 0 saturated heterocycles. The van der Waals surface area contributed by atoms with Gasteiger partial charge >= 0.3 is 17.9 Å². The summed E-state index contributed by atoms with van der Waals surface area (Å²) in [6, 6.07) is 7.05. The first kappa shape index (κ1) is 40.7. The minimum absolute atomic E-state index is 0.0584. The van der Waals surface area contributed by atoms with Crippen LogP contribution in [0.3, 0.4) is 0 Å². The van der Waals surface area contributed by atoms with Crippen molar-refractivity contribution in [2.24, 2.45) is 0 Å². The van der Waals surface area contributed by atoms with Crippen LogP contribution in [-0.4, -0.2) is 90.7 Å². The van der Waals surface area contributed by atoms with Gasteiger partial charge in [0, 0.05) is 12.4 Å². The Bertz CT molecular complexity index is 2210. The van der Waals surface area contributed by atoms with Gasteiger partial charge < -0.3 is 28.4 Å². The van der Waals surface area contributed by atoms with Crippen LogP contribution >= 0.6 is 0 Å². The van der Waals surface area contributed by atoms with E-state index in [0.717, 1.165) is 0 Å². The predicted molar refractivity (Wildman–Crippen MR) is 205 cm³/mol. The van der Waals surface area contributed by atoms with Gasteiger partial charge in [-0.25, -0.2) is 19.0 Å². The summed E-state index contributed by atoms with van der Waals surface area (Å²) in [6.45, 7) is 20.7. The number of aromatic nitrogens is 10. The van der Waals surface area contributed by atoms with Crippen molar-refractivity contribution in [3.63, 3.8) is 0 Å². The maximum Gasteiger partial charge on any atom is 0.320 e. The van der Waals surface area contributed by atoms with Crippen molar-refractivity contribution in [2.75, 3.05) is 13.2 Å². The third kappa shape index (κ3) is 11.1. The van der Waals surface area contributed by atoms with E-state index < -0.39 is 41.5 Å². The molecule has 6 aromatic rings. The fourth-order valence-corrected chi connectivity index (χ4v) is 4.98. The van der Waals surface area contributed by atoms with Gasteiger partial charge in [0.2, 0.25) is 23.5 Å². The summed E-state index contributed by atoms with van der Waals surface area (Å²) in [5.74, 6) is -2.99. The summed E-state index contributed by atoms with van der Waals surface area (Å²) in [7, 11) is 0. The van der Waals surface area contributed by atoms with E-state index in [4.69, 9.17) is 28.4 Å². The highest BCUT2D eigenvalue weighted by atomic mass is 19.3. The molecule has 0 aliphatic rings. The van der Waals surface area contributed by atoms with Crippen LogP contribution in [-0.2, 0) is 0 Å². The molecule has 0 fully saturated rings. The van der Waals surface area contributed by atoms with Gasteiger partial charge in [0.05, 0.1) is 34.9 Å². The molecule has 16 nitrogen and oxygen atoms in total. The molecular formula is C39H48F2N10O6. The van der Waals surface area contributed by atoms with E-state index in [1.165, 1.54) is 21.4 Å². The molecule has 57 heavy (non-hydrogen) atoms. The first-order chi connectivity index (χ1) is 26.4. The fraction of sp³-hybridized carbons (Fsp3) is 0.487. The van der Waals surface area contributed by atoms with Crippen LogP contribution < -0.4 is 28.4 Å². The standard InChI is InChI=1S/C39H48F2N10O6/c1-35(2,3)54-31-23(17-42-33(46-31)56-37(7,8)9)25-13-15-27-44-29(19-50(27)48-25)52-21-39(40,41)22-53-30-20-51-28(45-30)16-14-26(49-51)24-18-43-34(57-38(10,11)12)47-32(24)55-36(4,5)6/h13-20H,21-22H2,1-12H3. The van der Waals surface area contributed by atoms with Crippen LogP contribution in [0.5, 0.6) is 35.5 Å². The smallest absolute Gasteiger partial charge is 0.320 e. The Labute approximate surface area is 328 Å². The van der Waals surface area contributed by atoms with E-state index in [-0.39, 0.29) is 35.5 Å². The number of hydrogen-bond donors (Lipinski definition) is 0. The number of halogens is 2. The summed E-state index contributed by atoms with van der Waals surface area (Å²) < 4.78 is 67.7. The van der Waals surface area contributed by atoms with Gasteiger partial charge in [0.25, 0.3) is 0 Å². The molecule has 6 rings (SSSR count). The molecule has 6 heterocycles. The number of alkyl halides is 2. The molecule has 18 heteroatoms. The van der Waals surface area contributed by atoms with Crippen molar-refractivity contribution >= 4 is 11.3 Å². The van der Waals surface area contributed by atoms with Crippen molar-refractivity contribution in [1.82, 2.24) is 49.1 Å². The molecular weight excluding hydrogens is 742 g/mol. The summed E-state index contributed by atoms with van der Waals surface area (Å²) in [6.07, 6.45) is 5.92. The number of ether oxygens (including phenoxy) is 6. The van der Waals surface area contributed by atoms with E-state index in [9.17, 15) is 0 Å². The summed E-state index contributed by atoms with van der Waals surface area (Å²) in [4.78, 5) is 26.2. The highest BCUT2D eigenvalue weighted by Gasteiger charge is 2.33. The Morgan fingerprint density at radius 1 is 0.509 bits per heavy atom. The zero-order valence-electron chi connectivity index (χ0n) is 34.2. The van der Waals surface area contributed by atoms with E-state index in [1.807, 2.05) is 83.1 Å². The minimum Gasteiger partial charge on any atom is -0.471 e. The van der Waals surface area contributed by atoms with Gasteiger partial charge in [-0.2, -0.15) is 38.9 Å². The average molecular weight is 791 g/mol. The fourth-order valence-electron chi connectivity index (χ4n) is 4.98. The van der Waals surface area contributed by atoms with Crippen LogP contribution in [0.15, 0.2) is 49.1 Å². The maximum absolute atomic E-state index is 15.1. The van der Waals surface area contributed by atoms with Gasteiger partial charge in [-0.1, -0.05) is 0 Å². The highest BCUT2D eigenvalue weighted by Crippen LogP contribution is 2.33. The van der Waals surface area contributed by atoms with E-state index >= 15 is 8.78 Å². The van der Waals surface area contributed by atoms with E-state index in [0.29, 0.717) is 33.8 Å². The SMILES string of the molecule is CC(C)(C)Oc1ncc(-c2ccc3nc(OCC(F)(F)COc4cn5nc(-c6cnc(OC(C)(C)C)nc6OC(C)(C)C)ccc5n4)cn3n2)c(OC(C)(C)C)n1. The third-order valence-electron chi connectivity index (χ3n) is 7.07.